The molecule has 2 heterocycles. The minimum atomic E-state index is -0.504. The summed E-state index contributed by atoms with van der Waals surface area (Å²) in [5.41, 5.74) is 7.65. The van der Waals surface area contributed by atoms with Gasteiger partial charge < -0.3 is 20.3 Å². The zero-order chi connectivity index (χ0) is 16.1. The third-order valence-electron chi connectivity index (χ3n) is 3.99. The number of anilines is 1. The Balaban J connectivity index is 1.62. The molecular formula is C16H21N3O3. The molecule has 3 rings (SSSR count). The summed E-state index contributed by atoms with van der Waals surface area (Å²) in [6.45, 7) is 7.06. The van der Waals surface area contributed by atoms with Crippen molar-refractivity contribution < 1.29 is 14.3 Å². The lowest BCUT2D eigenvalue weighted by molar-refractivity contribution is -0.0125. The summed E-state index contributed by atoms with van der Waals surface area (Å²) in [5, 5.41) is 0. The number of likely N-dealkylation sites (tertiary alicyclic amines) is 1. The summed E-state index contributed by atoms with van der Waals surface area (Å²) >= 11 is 0. The van der Waals surface area contributed by atoms with Crippen LogP contribution in [0.1, 0.15) is 36.7 Å². The van der Waals surface area contributed by atoms with Crippen LogP contribution in [0.25, 0.3) is 0 Å². The van der Waals surface area contributed by atoms with E-state index in [2.05, 4.69) is 0 Å². The monoisotopic (exact) mass is 303 g/mol. The van der Waals surface area contributed by atoms with Crippen LogP contribution in [0, 0.1) is 0 Å². The quantitative estimate of drug-likeness (QED) is 0.803. The van der Waals surface area contributed by atoms with Crippen molar-refractivity contribution in [1.82, 2.24) is 9.80 Å². The van der Waals surface area contributed by atoms with Crippen LogP contribution < -0.4 is 5.73 Å². The van der Waals surface area contributed by atoms with Crippen LogP contribution in [-0.4, -0.2) is 46.5 Å². The fourth-order valence-electron chi connectivity index (χ4n) is 2.80. The Hall–Kier alpha value is -2.24. The van der Waals surface area contributed by atoms with Gasteiger partial charge in [0.25, 0.3) is 5.91 Å². The lowest BCUT2D eigenvalue weighted by Crippen LogP contribution is -2.61. The van der Waals surface area contributed by atoms with E-state index in [0.29, 0.717) is 30.9 Å². The Labute approximate surface area is 129 Å². The van der Waals surface area contributed by atoms with Crippen molar-refractivity contribution in [2.24, 2.45) is 0 Å². The van der Waals surface area contributed by atoms with Gasteiger partial charge in [0.05, 0.1) is 6.04 Å². The average Bonchev–Trinajstić information content (AvgIpc) is 2.65. The molecule has 2 aliphatic heterocycles. The van der Waals surface area contributed by atoms with E-state index >= 15 is 0 Å². The lowest BCUT2D eigenvalue weighted by Gasteiger charge is -2.43. The maximum absolute atomic E-state index is 12.4. The van der Waals surface area contributed by atoms with E-state index in [9.17, 15) is 9.59 Å². The number of amides is 2. The summed E-state index contributed by atoms with van der Waals surface area (Å²) in [5.74, 6) is -0.00358. The van der Waals surface area contributed by atoms with Gasteiger partial charge in [-0.25, -0.2) is 4.79 Å². The molecule has 1 aromatic carbocycles. The third-order valence-corrected chi connectivity index (χ3v) is 3.99. The van der Waals surface area contributed by atoms with Gasteiger partial charge in [-0.1, -0.05) is 6.07 Å². The average molecular weight is 303 g/mol. The first-order valence-electron chi connectivity index (χ1n) is 7.42. The highest BCUT2D eigenvalue weighted by Crippen LogP contribution is 2.31. The van der Waals surface area contributed by atoms with Crippen molar-refractivity contribution in [3.63, 3.8) is 0 Å². The number of fused-ring (bicyclic) bond motifs is 1. The SMILES string of the molecule is CC(C)(C)OC(=O)N1CC(N2Cc3c(N)cccc3C2=O)C1. The molecule has 0 bridgehead atoms. The van der Waals surface area contributed by atoms with Crippen molar-refractivity contribution >= 4 is 17.7 Å². The molecule has 0 atom stereocenters. The Bertz CT molecular complexity index is 630. The second kappa shape index (κ2) is 4.90. The molecule has 6 heteroatoms. The molecule has 0 unspecified atom stereocenters. The van der Waals surface area contributed by atoms with Crippen molar-refractivity contribution in [2.75, 3.05) is 18.8 Å². The zero-order valence-corrected chi connectivity index (χ0v) is 13.1. The topological polar surface area (TPSA) is 75.9 Å². The molecule has 1 fully saturated rings. The molecule has 2 aliphatic rings. The van der Waals surface area contributed by atoms with E-state index in [1.165, 1.54) is 0 Å². The highest BCUT2D eigenvalue weighted by Gasteiger charge is 2.42. The molecule has 2 amide bonds. The summed E-state index contributed by atoms with van der Waals surface area (Å²) in [6, 6.07) is 5.44. The van der Waals surface area contributed by atoms with Crippen LogP contribution in [0.3, 0.4) is 0 Å². The molecule has 6 nitrogen and oxygen atoms in total. The maximum Gasteiger partial charge on any atom is 0.410 e. The molecule has 0 radical (unpaired) electrons. The molecule has 1 aromatic rings. The van der Waals surface area contributed by atoms with E-state index in [1.54, 1.807) is 21.9 Å². The van der Waals surface area contributed by atoms with Gasteiger partial charge in [-0.2, -0.15) is 0 Å². The Morgan fingerprint density at radius 2 is 2.00 bits per heavy atom. The maximum atomic E-state index is 12.4. The van der Waals surface area contributed by atoms with Crippen LogP contribution in [0.2, 0.25) is 0 Å². The van der Waals surface area contributed by atoms with Crippen molar-refractivity contribution in [2.45, 2.75) is 39.0 Å². The van der Waals surface area contributed by atoms with Gasteiger partial charge in [0, 0.05) is 36.4 Å². The largest absolute Gasteiger partial charge is 0.444 e. The zero-order valence-electron chi connectivity index (χ0n) is 13.1. The third kappa shape index (κ3) is 2.49. The number of hydrogen-bond acceptors (Lipinski definition) is 4. The number of carbonyl (C=O) groups excluding carboxylic acids is 2. The normalized spacial score (nSPS) is 18.2. The first-order chi connectivity index (χ1) is 10.3. The molecule has 0 aliphatic carbocycles. The second-order valence-electron chi connectivity index (χ2n) is 6.85. The number of nitrogen functional groups attached to an aromatic ring is 1. The first-order valence-corrected chi connectivity index (χ1v) is 7.42. The van der Waals surface area contributed by atoms with Crippen molar-refractivity contribution in [3.8, 4) is 0 Å². The first kappa shape index (κ1) is 14.7. The summed E-state index contributed by atoms with van der Waals surface area (Å²) in [6.07, 6.45) is -0.326. The standard InChI is InChI=1S/C16H21N3O3/c1-16(2,3)22-15(21)18-7-10(8-18)19-9-12-11(14(19)20)5-4-6-13(12)17/h4-6,10H,7-9,17H2,1-3H3. The van der Waals surface area contributed by atoms with Gasteiger partial charge in [-0.05, 0) is 32.9 Å². The number of nitrogens with zero attached hydrogens (tertiary/aromatic N) is 2. The van der Waals surface area contributed by atoms with Crippen LogP contribution in [-0.2, 0) is 11.3 Å². The van der Waals surface area contributed by atoms with Gasteiger partial charge in [0.15, 0.2) is 0 Å². The number of carbonyl (C=O) groups is 2. The summed E-state index contributed by atoms with van der Waals surface area (Å²) in [4.78, 5) is 27.8. The predicted molar refractivity (Wildman–Crippen MR) is 82.3 cm³/mol. The number of hydrogen-bond donors (Lipinski definition) is 1. The highest BCUT2D eigenvalue weighted by molar-refractivity contribution is 6.00. The van der Waals surface area contributed by atoms with Crippen LogP contribution in [0.5, 0.6) is 0 Å². The van der Waals surface area contributed by atoms with Gasteiger partial charge in [-0.3, -0.25) is 4.79 Å². The van der Waals surface area contributed by atoms with Crippen molar-refractivity contribution in [1.29, 1.82) is 0 Å². The predicted octanol–water partition coefficient (Wildman–Crippen LogP) is 1.84. The number of benzene rings is 1. The smallest absolute Gasteiger partial charge is 0.410 e. The van der Waals surface area contributed by atoms with Gasteiger partial charge in [-0.15, -0.1) is 0 Å². The minimum Gasteiger partial charge on any atom is -0.444 e. The molecule has 22 heavy (non-hydrogen) atoms. The number of rotatable bonds is 1. The molecule has 0 saturated carbocycles. The van der Waals surface area contributed by atoms with E-state index in [1.807, 2.05) is 26.8 Å². The number of ether oxygens (including phenoxy) is 1. The molecular weight excluding hydrogens is 282 g/mol. The van der Waals surface area contributed by atoms with Crippen molar-refractivity contribution in [3.05, 3.63) is 29.3 Å². The molecule has 118 valence electrons. The fraction of sp³-hybridized carbons (Fsp3) is 0.500. The van der Waals surface area contributed by atoms with E-state index in [4.69, 9.17) is 10.5 Å². The van der Waals surface area contributed by atoms with E-state index in [-0.39, 0.29) is 18.0 Å². The van der Waals surface area contributed by atoms with Gasteiger partial charge >= 0.3 is 6.09 Å². The van der Waals surface area contributed by atoms with E-state index < -0.39 is 5.60 Å². The van der Waals surface area contributed by atoms with Crippen LogP contribution >= 0.6 is 0 Å². The Morgan fingerprint density at radius 3 is 2.59 bits per heavy atom. The molecule has 1 saturated heterocycles. The van der Waals surface area contributed by atoms with Gasteiger partial charge in [0.1, 0.15) is 5.60 Å². The molecule has 2 N–H and O–H groups in total. The van der Waals surface area contributed by atoms with E-state index in [0.717, 1.165) is 5.56 Å². The summed E-state index contributed by atoms with van der Waals surface area (Å²) < 4.78 is 5.32. The Kier molecular flexibility index (Phi) is 3.27. The lowest BCUT2D eigenvalue weighted by atomic mass is 10.1. The molecule has 0 aromatic heterocycles. The van der Waals surface area contributed by atoms with Crippen LogP contribution in [0.4, 0.5) is 10.5 Å². The molecule has 0 spiro atoms. The van der Waals surface area contributed by atoms with Gasteiger partial charge in [0.2, 0.25) is 0 Å². The number of nitrogens with two attached hydrogens (primary N) is 1. The van der Waals surface area contributed by atoms with Crippen LogP contribution in [0.15, 0.2) is 18.2 Å². The minimum absolute atomic E-state index is 0.00358. The summed E-state index contributed by atoms with van der Waals surface area (Å²) in [7, 11) is 0. The second-order valence-corrected chi connectivity index (χ2v) is 6.85. The fourth-order valence-corrected chi connectivity index (χ4v) is 2.80. The Morgan fingerprint density at radius 1 is 1.32 bits per heavy atom. The highest BCUT2D eigenvalue weighted by atomic mass is 16.6.